The average molecular weight is 323 g/mol. The minimum atomic E-state index is -0.314. The fraction of sp³-hybridized carbons (Fsp3) is 0.0714. The predicted octanol–water partition coefficient (Wildman–Crippen LogP) is 3.44. The normalized spacial score (nSPS) is 10.0. The van der Waals surface area contributed by atoms with E-state index < -0.39 is 0 Å². The van der Waals surface area contributed by atoms with Gasteiger partial charge in [-0.1, -0.05) is 35.3 Å². The summed E-state index contributed by atoms with van der Waals surface area (Å²) in [7, 11) is 0. The summed E-state index contributed by atoms with van der Waals surface area (Å²) in [5, 5.41) is 6.42. The molecule has 0 radical (unpaired) electrons. The van der Waals surface area contributed by atoms with Gasteiger partial charge in [-0.15, -0.1) is 6.58 Å². The van der Waals surface area contributed by atoms with Crippen molar-refractivity contribution in [2.75, 3.05) is 11.9 Å². The van der Waals surface area contributed by atoms with Crippen molar-refractivity contribution in [1.29, 1.82) is 0 Å². The molecule has 0 spiro atoms. The summed E-state index contributed by atoms with van der Waals surface area (Å²) in [6, 6.07) is 6.63. The second kappa shape index (κ2) is 7.06. The van der Waals surface area contributed by atoms with Crippen molar-refractivity contribution in [1.82, 2.24) is 15.3 Å². The van der Waals surface area contributed by atoms with Crippen LogP contribution in [0.1, 0.15) is 10.5 Å². The zero-order chi connectivity index (χ0) is 15.2. The van der Waals surface area contributed by atoms with E-state index in [0.29, 0.717) is 22.3 Å². The number of anilines is 2. The predicted molar refractivity (Wildman–Crippen MR) is 84.3 cm³/mol. The van der Waals surface area contributed by atoms with E-state index in [9.17, 15) is 4.79 Å². The van der Waals surface area contributed by atoms with Gasteiger partial charge in [-0.25, -0.2) is 9.97 Å². The van der Waals surface area contributed by atoms with Crippen molar-refractivity contribution >= 4 is 40.7 Å². The third-order valence-electron chi connectivity index (χ3n) is 2.49. The van der Waals surface area contributed by atoms with Crippen molar-refractivity contribution in [3.05, 3.63) is 58.9 Å². The Kier molecular flexibility index (Phi) is 5.14. The summed E-state index contributed by atoms with van der Waals surface area (Å²) in [4.78, 5) is 20.0. The summed E-state index contributed by atoms with van der Waals surface area (Å²) in [5.74, 6) is -0.0816. The van der Waals surface area contributed by atoms with E-state index in [-0.39, 0.29) is 17.5 Å². The maximum Gasteiger partial charge on any atom is 0.270 e. The van der Waals surface area contributed by atoms with Gasteiger partial charge in [-0.3, -0.25) is 4.79 Å². The minimum absolute atomic E-state index is 0.233. The zero-order valence-corrected chi connectivity index (χ0v) is 12.4. The first kappa shape index (κ1) is 15.3. The number of para-hydroxylation sites is 1. The lowest BCUT2D eigenvalue weighted by atomic mass is 10.3. The highest BCUT2D eigenvalue weighted by atomic mass is 35.5. The molecule has 2 aromatic rings. The number of benzene rings is 1. The van der Waals surface area contributed by atoms with E-state index in [4.69, 9.17) is 23.2 Å². The number of carbonyl (C=O) groups excluding carboxylic acids is 1. The Morgan fingerprint density at radius 3 is 2.67 bits per heavy atom. The van der Waals surface area contributed by atoms with Crippen LogP contribution in [0.3, 0.4) is 0 Å². The van der Waals surface area contributed by atoms with Crippen LogP contribution in [0.5, 0.6) is 0 Å². The van der Waals surface area contributed by atoms with Crippen LogP contribution in [0.25, 0.3) is 0 Å². The van der Waals surface area contributed by atoms with E-state index in [1.165, 1.54) is 12.3 Å². The third kappa shape index (κ3) is 3.93. The van der Waals surface area contributed by atoms with Gasteiger partial charge in [0.15, 0.2) is 0 Å². The SMILES string of the molecule is C=CCNC(=O)c1ccnc(Nc2c(Cl)cccc2Cl)n1. The van der Waals surface area contributed by atoms with Crippen LogP contribution in [0.4, 0.5) is 11.6 Å². The van der Waals surface area contributed by atoms with Crippen molar-refractivity contribution in [2.24, 2.45) is 0 Å². The van der Waals surface area contributed by atoms with Crippen LogP contribution in [0.2, 0.25) is 10.0 Å². The Labute approximate surface area is 132 Å². The lowest BCUT2D eigenvalue weighted by Crippen LogP contribution is -2.24. The van der Waals surface area contributed by atoms with Crippen LogP contribution in [0, 0.1) is 0 Å². The van der Waals surface area contributed by atoms with E-state index in [1.807, 2.05) is 0 Å². The highest BCUT2D eigenvalue weighted by Gasteiger charge is 2.10. The molecule has 1 heterocycles. The summed E-state index contributed by atoms with van der Waals surface area (Å²) in [6.07, 6.45) is 3.06. The number of carbonyl (C=O) groups is 1. The number of rotatable bonds is 5. The highest BCUT2D eigenvalue weighted by molar-refractivity contribution is 6.39. The monoisotopic (exact) mass is 322 g/mol. The number of nitrogens with zero attached hydrogens (tertiary/aromatic N) is 2. The van der Waals surface area contributed by atoms with Crippen LogP contribution in [-0.2, 0) is 0 Å². The fourth-order valence-electron chi connectivity index (χ4n) is 1.53. The van der Waals surface area contributed by atoms with Gasteiger partial charge in [0.2, 0.25) is 5.95 Å². The molecule has 2 N–H and O–H groups in total. The van der Waals surface area contributed by atoms with Gasteiger partial charge in [0.25, 0.3) is 5.91 Å². The molecule has 0 unspecified atom stereocenters. The number of nitrogens with one attached hydrogen (secondary N) is 2. The van der Waals surface area contributed by atoms with Crippen LogP contribution < -0.4 is 10.6 Å². The molecule has 0 aliphatic heterocycles. The summed E-state index contributed by atoms with van der Waals surface area (Å²) < 4.78 is 0. The summed E-state index contributed by atoms with van der Waals surface area (Å²) in [5.41, 5.74) is 0.724. The van der Waals surface area contributed by atoms with Crippen molar-refractivity contribution in [3.63, 3.8) is 0 Å². The molecule has 0 aliphatic carbocycles. The molecule has 0 saturated carbocycles. The van der Waals surface area contributed by atoms with Crippen LogP contribution in [-0.4, -0.2) is 22.4 Å². The molecule has 21 heavy (non-hydrogen) atoms. The first-order chi connectivity index (χ1) is 10.1. The third-order valence-corrected chi connectivity index (χ3v) is 3.12. The van der Waals surface area contributed by atoms with E-state index in [2.05, 4.69) is 27.2 Å². The van der Waals surface area contributed by atoms with Gasteiger partial charge < -0.3 is 10.6 Å². The molecule has 0 aliphatic rings. The lowest BCUT2D eigenvalue weighted by Gasteiger charge is -2.09. The molecular weight excluding hydrogens is 311 g/mol. The quantitative estimate of drug-likeness (QED) is 0.827. The second-order valence-corrected chi connectivity index (χ2v) is 4.80. The highest BCUT2D eigenvalue weighted by Crippen LogP contribution is 2.31. The first-order valence-electron chi connectivity index (χ1n) is 6.05. The average Bonchev–Trinajstić information content (AvgIpc) is 2.49. The van der Waals surface area contributed by atoms with Crippen molar-refractivity contribution in [3.8, 4) is 0 Å². The van der Waals surface area contributed by atoms with Crippen LogP contribution in [0.15, 0.2) is 43.1 Å². The number of halogens is 2. The van der Waals surface area contributed by atoms with Crippen LogP contribution >= 0.6 is 23.2 Å². The number of aromatic nitrogens is 2. The zero-order valence-electron chi connectivity index (χ0n) is 10.9. The van der Waals surface area contributed by atoms with E-state index in [0.717, 1.165) is 0 Å². The summed E-state index contributed by atoms with van der Waals surface area (Å²) in [6.45, 7) is 3.89. The van der Waals surface area contributed by atoms with Gasteiger partial charge in [-0.05, 0) is 18.2 Å². The number of amides is 1. The lowest BCUT2D eigenvalue weighted by molar-refractivity contribution is 0.0953. The van der Waals surface area contributed by atoms with Gasteiger partial charge in [-0.2, -0.15) is 0 Å². The fourth-order valence-corrected chi connectivity index (χ4v) is 2.02. The van der Waals surface area contributed by atoms with Gasteiger partial charge in [0.1, 0.15) is 5.69 Å². The first-order valence-corrected chi connectivity index (χ1v) is 6.80. The Balaban J connectivity index is 2.22. The van der Waals surface area contributed by atoms with Crippen molar-refractivity contribution < 1.29 is 4.79 Å². The van der Waals surface area contributed by atoms with Crippen molar-refractivity contribution in [2.45, 2.75) is 0 Å². The smallest absolute Gasteiger partial charge is 0.270 e. The molecule has 7 heteroatoms. The molecule has 0 saturated heterocycles. The second-order valence-electron chi connectivity index (χ2n) is 3.99. The standard InChI is InChI=1S/C14H12Cl2N4O/c1-2-7-17-13(21)11-6-8-18-14(19-11)20-12-9(15)4-3-5-10(12)16/h2-6,8H,1,7H2,(H,17,21)(H,18,19,20). The van der Waals surface area contributed by atoms with E-state index >= 15 is 0 Å². The molecule has 1 aromatic heterocycles. The molecule has 2 rings (SSSR count). The molecule has 0 atom stereocenters. The van der Waals surface area contributed by atoms with E-state index in [1.54, 1.807) is 24.3 Å². The number of hydrogen-bond donors (Lipinski definition) is 2. The maximum absolute atomic E-state index is 11.8. The molecule has 108 valence electrons. The molecule has 0 fully saturated rings. The molecule has 1 amide bonds. The Morgan fingerprint density at radius 1 is 1.29 bits per heavy atom. The Bertz CT molecular complexity index is 656. The maximum atomic E-state index is 11.8. The topological polar surface area (TPSA) is 66.9 Å². The Hall–Kier alpha value is -2.11. The number of hydrogen-bond acceptors (Lipinski definition) is 4. The summed E-state index contributed by atoms with van der Waals surface area (Å²) >= 11 is 12.1. The molecular formula is C14H12Cl2N4O. The van der Waals surface area contributed by atoms with Gasteiger partial charge in [0, 0.05) is 12.7 Å². The van der Waals surface area contributed by atoms with Gasteiger partial charge in [0.05, 0.1) is 15.7 Å². The van der Waals surface area contributed by atoms with Gasteiger partial charge >= 0.3 is 0 Å². The molecule has 5 nitrogen and oxygen atoms in total. The molecule has 0 bridgehead atoms. The Morgan fingerprint density at radius 2 is 2.00 bits per heavy atom. The largest absolute Gasteiger partial charge is 0.347 e. The molecule has 1 aromatic carbocycles. The minimum Gasteiger partial charge on any atom is -0.347 e.